The molecule has 21 heavy (non-hydrogen) atoms. The maximum Gasteiger partial charge on any atom is 0.349 e. The number of H-pyrrole nitrogens is 1. The molecule has 0 saturated heterocycles. The van der Waals surface area contributed by atoms with Crippen LogP contribution in [0.1, 0.15) is 20.8 Å². The Morgan fingerprint density at radius 2 is 2.14 bits per heavy atom. The monoisotopic (exact) mass is 316 g/mol. The summed E-state index contributed by atoms with van der Waals surface area (Å²) in [7, 11) is 0. The van der Waals surface area contributed by atoms with Crippen LogP contribution in [0.2, 0.25) is 0 Å². The van der Waals surface area contributed by atoms with Gasteiger partial charge < -0.3 is 9.72 Å². The molecule has 0 unspecified atom stereocenters. The van der Waals surface area contributed by atoms with Gasteiger partial charge in [-0.15, -0.1) is 11.3 Å². The van der Waals surface area contributed by atoms with Crippen molar-refractivity contribution >= 4 is 39.7 Å². The lowest BCUT2D eigenvalue weighted by molar-refractivity contribution is 0.0478. The Morgan fingerprint density at radius 3 is 2.86 bits per heavy atom. The summed E-state index contributed by atoms with van der Waals surface area (Å²) in [6, 6.07) is 9.59. The zero-order chi connectivity index (χ0) is 14.8. The Hall–Kier alpha value is -2.05. The molecule has 0 bridgehead atoms. The molecule has 6 heteroatoms. The highest BCUT2D eigenvalue weighted by Gasteiger charge is 2.18. The topological polar surface area (TPSA) is 55.0 Å². The van der Waals surface area contributed by atoms with Crippen LogP contribution >= 0.6 is 23.6 Å². The summed E-state index contributed by atoms with van der Waals surface area (Å²) in [6.07, 6.45) is 1.54. The number of rotatable bonds is 3. The van der Waals surface area contributed by atoms with E-state index in [1.807, 2.05) is 37.3 Å². The summed E-state index contributed by atoms with van der Waals surface area (Å²) in [6.45, 7) is 2.12. The number of benzene rings is 1. The minimum atomic E-state index is -0.339. The van der Waals surface area contributed by atoms with E-state index in [9.17, 15) is 4.79 Å². The molecule has 0 spiro atoms. The number of hydrogen-bond donors (Lipinski definition) is 1. The van der Waals surface area contributed by atoms with Crippen LogP contribution in [0.3, 0.4) is 0 Å². The zero-order valence-corrected chi connectivity index (χ0v) is 12.9. The molecule has 4 nitrogen and oxygen atoms in total. The Morgan fingerprint density at radius 1 is 1.38 bits per heavy atom. The SMILES string of the molecule is Cc1c(C(=O)OCc2ccccc2)sc2nc[nH]c(=S)c12. The third-order valence-corrected chi connectivity index (χ3v) is 4.63. The molecule has 0 radical (unpaired) electrons. The third-order valence-electron chi connectivity index (χ3n) is 3.13. The standard InChI is InChI=1S/C15H12N2O2S2/c1-9-11-13(20)16-8-17-14(11)21-12(9)15(18)19-7-10-5-3-2-4-6-10/h2-6,8H,7H2,1H3,(H,16,17,20). The zero-order valence-electron chi connectivity index (χ0n) is 11.3. The van der Waals surface area contributed by atoms with Crippen molar-refractivity contribution in [1.29, 1.82) is 0 Å². The summed E-state index contributed by atoms with van der Waals surface area (Å²) in [5.74, 6) is -0.339. The number of esters is 1. The van der Waals surface area contributed by atoms with Gasteiger partial charge in [0.1, 0.15) is 21.0 Å². The molecule has 0 aliphatic heterocycles. The molecule has 2 aromatic heterocycles. The van der Waals surface area contributed by atoms with E-state index in [0.717, 1.165) is 21.3 Å². The third kappa shape index (κ3) is 2.72. The van der Waals surface area contributed by atoms with Gasteiger partial charge in [-0.1, -0.05) is 42.5 Å². The molecule has 3 rings (SSSR count). The van der Waals surface area contributed by atoms with Crippen LogP contribution in [-0.2, 0) is 11.3 Å². The maximum absolute atomic E-state index is 12.2. The highest BCUT2D eigenvalue weighted by atomic mass is 32.1. The minimum Gasteiger partial charge on any atom is -0.457 e. The van der Waals surface area contributed by atoms with Crippen LogP contribution in [-0.4, -0.2) is 15.9 Å². The van der Waals surface area contributed by atoms with Crippen LogP contribution in [0.4, 0.5) is 0 Å². The fourth-order valence-electron chi connectivity index (χ4n) is 2.06. The lowest BCUT2D eigenvalue weighted by atomic mass is 10.2. The Kier molecular flexibility index (Phi) is 3.81. The molecule has 106 valence electrons. The van der Waals surface area contributed by atoms with Crippen LogP contribution in [0.15, 0.2) is 36.7 Å². The van der Waals surface area contributed by atoms with Crippen LogP contribution < -0.4 is 0 Å². The number of nitrogens with zero attached hydrogens (tertiary/aromatic N) is 1. The summed E-state index contributed by atoms with van der Waals surface area (Å²) in [4.78, 5) is 20.6. The number of nitrogens with one attached hydrogen (secondary N) is 1. The van der Waals surface area contributed by atoms with E-state index in [1.165, 1.54) is 11.3 Å². The van der Waals surface area contributed by atoms with Crippen LogP contribution in [0, 0.1) is 11.6 Å². The molecule has 0 aliphatic carbocycles. The smallest absolute Gasteiger partial charge is 0.349 e. The lowest BCUT2D eigenvalue weighted by Crippen LogP contribution is -2.04. The number of hydrogen-bond acceptors (Lipinski definition) is 5. The minimum absolute atomic E-state index is 0.258. The number of carbonyl (C=O) groups is 1. The molecule has 1 aromatic carbocycles. The molecule has 0 saturated carbocycles. The number of aryl methyl sites for hydroxylation is 1. The number of carbonyl (C=O) groups excluding carboxylic acids is 1. The number of aromatic amines is 1. The van der Waals surface area contributed by atoms with E-state index in [0.29, 0.717) is 9.52 Å². The summed E-state index contributed by atoms with van der Waals surface area (Å²) >= 11 is 6.55. The fraction of sp³-hybridized carbons (Fsp3) is 0.133. The van der Waals surface area contributed by atoms with Crippen molar-refractivity contribution in [3.05, 3.63) is 57.3 Å². The highest BCUT2D eigenvalue weighted by molar-refractivity contribution is 7.71. The van der Waals surface area contributed by atoms with Crippen molar-refractivity contribution in [2.45, 2.75) is 13.5 Å². The van der Waals surface area contributed by atoms with Crippen molar-refractivity contribution in [3.63, 3.8) is 0 Å². The van der Waals surface area contributed by atoms with Crippen LogP contribution in [0.25, 0.3) is 10.2 Å². The average molecular weight is 316 g/mol. The Balaban J connectivity index is 1.87. The molecule has 1 N–H and O–H groups in total. The van der Waals surface area contributed by atoms with Crippen molar-refractivity contribution in [2.75, 3.05) is 0 Å². The molecular weight excluding hydrogens is 304 g/mol. The van der Waals surface area contributed by atoms with E-state index in [2.05, 4.69) is 9.97 Å². The van der Waals surface area contributed by atoms with Crippen molar-refractivity contribution in [3.8, 4) is 0 Å². The van der Waals surface area contributed by atoms with Gasteiger partial charge in [-0.25, -0.2) is 9.78 Å². The molecule has 0 amide bonds. The average Bonchev–Trinajstić information content (AvgIpc) is 2.84. The first-order chi connectivity index (χ1) is 10.2. The molecule has 0 fully saturated rings. The van der Waals surface area contributed by atoms with Gasteiger partial charge in [-0.3, -0.25) is 0 Å². The summed E-state index contributed by atoms with van der Waals surface area (Å²) < 4.78 is 5.96. The van der Waals surface area contributed by atoms with Crippen molar-refractivity contribution < 1.29 is 9.53 Å². The van der Waals surface area contributed by atoms with Gasteiger partial charge in [-0.05, 0) is 18.1 Å². The van der Waals surface area contributed by atoms with E-state index >= 15 is 0 Å². The van der Waals surface area contributed by atoms with Crippen molar-refractivity contribution in [2.24, 2.45) is 0 Å². The van der Waals surface area contributed by atoms with E-state index in [-0.39, 0.29) is 12.6 Å². The quantitative estimate of drug-likeness (QED) is 0.586. The lowest BCUT2D eigenvalue weighted by Gasteiger charge is -2.03. The Labute approximate surface area is 130 Å². The number of aromatic nitrogens is 2. The van der Waals surface area contributed by atoms with Gasteiger partial charge in [0, 0.05) is 5.39 Å². The first-order valence-corrected chi connectivity index (χ1v) is 7.57. The highest BCUT2D eigenvalue weighted by Crippen LogP contribution is 2.30. The Bertz CT molecular complexity index is 853. The van der Waals surface area contributed by atoms with E-state index in [4.69, 9.17) is 17.0 Å². The largest absolute Gasteiger partial charge is 0.457 e. The van der Waals surface area contributed by atoms with E-state index in [1.54, 1.807) is 6.33 Å². The molecule has 2 heterocycles. The van der Waals surface area contributed by atoms with Gasteiger partial charge >= 0.3 is 5.97 Å². The van der Waals surface area contributed by atoms with Crippen LogP contribution in [0.5, 0.6) is 0 Å². The first-order valence-electron chi connectivity index (χ1n) is 6.34. The van der Waals surface area contributed by atoms with Gasteiger partial charge in [0.25, 0.3) is 0 Å². The molecule has 3 aromatic rings. The molecular formula is C15H12N2O2S2. The van der Waals surface area contributed by atoms with Gasteiger partial charge in [0.15, 0.2) is 0 Å². The van der Waals surface area contributed by atoms with E-state index < -0.39 is 0 Å². The molecule has 0 atom stereocenters. The summed E-state index contributed by atoms with van der Waals surface area (Å²) in [5.41, 5.74) is 1.78. The predicted octanol–water partition coefficient (Wildman–Crippen LogP) is 4.02. The van der Waals surface area contributed by atoms with Gasteiger partial charge in [-0.2, -0.15) is 0 Å². The number of ether oxygens (including phenoxy) is 1. The second kappa shape index (κ2) is 5.75. The maximum atomic E-state index is 12.2. The number of fused-ring (bicyclic) bond motifs is 1. The summed E-state index contributed by atoms with van der Waals surface area (Å²) in [5, 5.41) is 0.823. The second-order valence-electron chi connectivity index (χ2n) is 4.53. The van der Waals surface area contributed by atoms with Crippen molar-refractivity contribution in [1.82, 2.24) is 9.97 Å². The van der Waals surface area contributed by atoms with Gasteiger partial charge in [0.05, 0.1) is 6.33 Å². The fourth-order valence-corrected chi connectivity index (χ4v) is 3.48. The second-order valence-corrected chi connectivity index (χ2v) is 5.94. The van der Waals surface area contributed by atoms with Gasteiger partial charge in [0.2, 0.25) is 0 Å². The normalized spacial score (nSPS) is 10.7. The predicted molar refractivity (Wildman–Crippen MR) is 85.1 cm³/mol. The number of thiophene rings is 1. The molecule has 0 aliphatic rings. The first kappa shape index (κ1) is 13.9.